The molecule has 0 aliphatic carbocycles. The average Bonchev–Trinajstić information content (AvgIpc) is 3.35. The van der Waals surface area contributed by atoms with E-state index in [1.165, 1.54) is 0 Å². The first-order chi connectivity index (χ1) is 13.7. The molecular weight excluding hydrogens is 374 g/mol. The Balaban J connectivity index is 1.34. The van der Waals surface area contributed by atoms with Crippen molar-refractivity contribution in [3.63, 3.8) is 0 Å². The van der Waals surface area contributed by atoms with Crippen LogP contribution in [0.2, 0.25) is 0 Å². The molecule has 2 aliphatic rings. The topological polar surface area (TPSA) is 71.5 Å². The van der Waals surface area contributed by atoms with E-state index < -0.39 is 6.10 Å². The first kappa shape index (κ1) is 17.2. The minimum absolute atomic E-state index is 0.0242. The second-order valence-electron chi connectivity index (χ2n) is 7.06. The van der Waals surface area contributed by atoms with Crippen LogP contribution in [0.1, 0.15) is 30.3 Å². The highest BCUT2D eigenvalue weighted by atomic mass is 32.1. The second-order valence-corrected chi connectivity index (χ2v) is 8.12. The van der Waals surface area contributed by atoms with Crippen LogP contribution >= 0.6 is 11.3 Å². The third-order valence-corrected chi connectivity index (χ3v) is 6.37. The standard InChI is InChI=1S/C21H19N3O3S/c25-19(12-17-20(26)22-13-6-1-3-9-16(13)27-17)24-11-5-8-15(24)21-23-14-7-2-4-10-18(14)28-21/h1-4,6-7,9-10,15,17H,5,8,11-12H2,(H,22,26)/t15-,17-/m1/s1. The Morgan fingerprint density at radius 1 is 1.21 bits per heavy atom. The molecule has 1 N–H and O–H groups in total. The lowest BCUT2D eigenvalue weighted by molar-refractivity contribution is -0.137. The number of para-hydroxylation sites is 3. The lowest BCUT2D eigenvalue weighted by atomic mass is 10.1. The fraction of sp³-hybridized carbons (Fsp3) is 0.286. The highest BCUT2D eigenvalue weighted by Crippen LogP contribution is 2.37. The number of carbonyl (C=O) groups is 2. The molecule has 2 aliphatic heterocycles. The number of anilines is 1. The number of fused-ring (bicyclic) bond motifs is 2. The zero-order chi connectivity index (χ0) is 19.1. The number of hydrogen-bond donors (Lipinski definition) is 1. The molecule has 5 rings (SSSR count). The number of likely N-dealkylation sites (tertiary alicyclic amines) is 1. The van der Waals surface area contributed by atoms with Crippen molar-refractivity contribution in [3.05, 3.63) is 53.5 Å². The van der Waals surface area contributed by atoms with E-state index in [2.05, 4.69) is 11.4 Å². The number of ether oxygens (including phenoxy) is 1. The van der Waals surface area contributed by atoms with Gasteiger partial charge in [0, 0.05) is 6.54 Å². The monoisotopic (exact) mass is 393 g/mol. The average molecular weight is 393 g/mol. The predicted molar refractivity (Wildman–Crippen MR) is 107 cm³/mol. The summed E-state index contributed by atoms with van der Waals surface area (Å²) in [5, 5.41) is 3.79. The van der Waals surface area contributed by atoms with Crippen LogP contribution < -0.4 is 10.1 Å². The number of nitrogens with zero attached hydrogens (tertiary/aromatic N) is 2. The molecule has 0 bridgehead atoms. The van der Waals surface area contributed by atoms with E-state index >= 15 is 0 Å². The van der Waals surface area contributed by atoms with Crippen molar-refractivity contribution in [1.29, 1.82) is 0 Å². The van der Waals surface area contributed by atoms with Crippen LogP contribution in [-0.4, -0.2) is 34.3 Å². The predicted octanol–water partition coefficient (Wildman–Crippen LogP) is 3.75. The quantitative estimate of drug-likeness (QED) is 0.736. The van der Waals surface area contributed by atoms with E-state index in [1.54, 1.807) is 23.5 Å². The van der Waals surface area contributed by atoms with E-state index in [0.29, 0.717) is 18.0 Å². The fourth-order valence-corrected chi connectivity index (χ4v) is 4.97. The fourth-order valence-electron chi connectivity index (χ4n) is 3.86. The Morgan fingerprint density at radius 2 is 2.04 bits per heavy atom. The second kappa shape index (κ2) is 6.91. The summed E-state index contributed by atoms with van der Waals surface area (Å²) >= 11 is 1.64. The number of hydrogen-bond acceptors (Lipinski definition) is 5. The van der Waals surface area contributed by atoms with Crippen molar-refractivity contribution in [2.24, 2.45) is 0 Å². The maximum Gasteiger partial charge on any atom is 0.266 e. The van der Waals surface area contributed by atoms with E-state index in [9.17, 15) is 9.59 Å². The van der Waals surface area contributed by atoms with Gasteiger partial charge < -0.3 is 15.0 Å². The molecule has 6 nitrogen and oxygen atoms in total. The number of benzene rings is 2. The number of nitrogens with one attached hydrogen (secondary N) is 1. The zero-order valence-corrected chi connectivity index (χ0v) is 15.9. The molecule has 3 heterocycles. The molecule has 2 amide bonds. The van der Waals surface area contributed by atoms with Gasteiger partial charge in [0.05, 0.1) is 28.4 Å². The van der Waals surface area contributed by atoms with Gasteiger partial charge in [-0.1, -0.05) is 24.3 Å². The Hall–Kier alpha value is -2.93. The van der Waals surface area contributed by atoms with Gasteiger partial charge in [-0.15, -0.1) is 11.3 Å². The minimum atomic E-state index is -0.806. The molecule has 2 aromatic carbocycles. The third-order valence-electron chi connectivity index (χ3n) is 5.24. The maximum atomic E-state index is 13.0. The highest BCUT2D eigenvalue weighted by Gasteiger charge is 2.36. The third kappa shape index (κ3) is 3.01. The number of carbonyl (C=O) groups excluding carboxylic acids is 2. The maximum absolute atomic E-state index is 13.0. The van der Waals surface area contributed by atoms with Crippen LogP contribution in [0.5, 0.6) is 5.75 Å². The van der Waals surface area contributed by atoms with Gasteiger partial charge in [0.1, 0.15) is 10.8 Å². The first-order valence-electron chi connectivity index (χ1n) is 9.40. The summed E-state index contributed by atoms with van der Waals surface area (Å²) < 4.78 is 6.92. The van der Waals surface area contributed by atoms with E-state index in [-0.39, 0.29) is 24.3 Å². The van der Waals surface area contributed by atoms with Gasteiger partial charge in [0.15, 0.2) is 6.10 Å². The number of thiazole rings is 1. The van der Waals surface area contributed by atoms with Crippen LogP contribution in [0.3, 0.4) is 0 Å². The number of amides is 2. The normalized spacial score (nSPS) is 21.3. The van der Waals surface area contributed by atoms with Gasteiger partial charge in [-0.05, 0) is 37.1 Å². The molecule has 0 saturated carbocycles. The molecule has 0 spiro atoms. The number of aromatic nitrogens is 1. The van der Waals surface area contributed by atoms with Gasteiger partial charge >= 0.3 is 0 Å². The van der Waals surface area contributed by atoms with Crippen molar-refractivity contribution < 1.29 is 14.3 Å². The minimum Gasteiger partial charge on any atom is -0.478 e. The summed E-state index contributed by atoms with van der Waals surface area (Å²) in [6.07, 6.45) is 1.06. The summed E-state index contributed by atoms with van der Waals surface area (Å²) in [5.41, 5.74) is 1.61. The molecule has 7 heteroatoms. The van der Waals surface area contributed by atoms with E-state index in [4.69, 9.17) is 9.72 Å². The first-order valence-corrected chi connectivity index (χ1v) is 10.2. The van der Waals surface area contributed by atoms with Crippen molar-refractivity contribution in [2.45, 2.75) is 31.4 Å². The molecule has 2 atom stereocenters. The van der Waals surface area contributed by atoms with Crippen LogP contribution in [-0.2, 0) is 9.59 Å². The Bertz CT molecular complexity index is 1030. The molecule has 142 valence electrons. The van der Waals surface area contributed by atoms with Crippen molar-refractivity contribution in [3.8, 4) is 5.75 Å². The largest absolute Gasteiger partial charge is 0.478 e. The van der Waals surface area contributed by atoms with Crippen molar-refractivity contribution >= 4 is 39.1 Å². The van der Waals surface area contributed by atoms with Crippen LogP contribution in [0.15, 0.2) is 48.5 Å². The summed E-state index contributed by atoms with van der Waals surface area (Å²) in [6, 6.07) is 15.3. The van der Waals surface area contributed by atoms with Crippen molar-refractivity contribution in [2.75, 3.05) is 11.9 Å². The Kier molecular flexibility index (Phi) is 4.24. The molecule has 3 aromatic rings. The SMILES string of the molecule is O=C1Nc2ccccc2O[C@@H]1CC(=O)N1CCC[C@@H]1c1nc2ccccc2s1. The molecule has 1 aromatic heterocycles. The van der Waals surface area contributed by atoms with E-state index in [1.807, 2.05) is 35.2 Å². The number of rotatable bonds is 3. The molecule has 28 heavy (non-hydrogen) atoms. The summed E-state index contributed by atoms with van der Waals surface area (Å²) in [6.45, 7) is 0.685. The molecular formula is C21H19N3O3S. The summed E-state index contributed by atoms with van der Waals surface area (Å²) in [7, 11) is 0. The molecule has 0 unspecified atom stereocenters. The van der Waals surface area contributed by atoms with Gasteiger partial charge in [0.25, 0.3) is 5.91 Å². The van der Waals surface area contributed by atoms with Gasteiger partial charge in [-0.2, -0.15) is 0 Å². The van der Waals surface area contributed by atoms with Crippen LogP contribution in [0.4, 0.5) is 5.69 Å². The van der Waals surface area contributed by atoms with Crippen LogP contribution in [0, 0.1) is 0 Å². The van der Waals surface area contributed by atoms with Gasteiger partial charge in [-0.25, -0.2) is 4.98 Å². The summed E-state index contributed by atoms with van der Waals surface area (Å²) in [4.78, 5) is 32.0. The van der Waals surface area contributed by atoms with Gasteiger partial charge in [0.2, 0.25) is 5.91 Å². The van der Waals surface area contributed by atoms with Crippen molar-refractivity contribution in [1.82, 2.24) is 9.88 Å². The smallest absolute Gasteiger partial charge is 0.266 e. The zero-order valence-electron chi connectivity index (χ0n) is 15.1. The lowest BCUT2D eigenvalue weighted by Gasteiger charge is -2.28. The molecule has 1 fully saturated rings. The van der Waals surface area contributed by atoms with E-state index in [0.717, 1.165) is 28.1 Å². The molecule has 1 saturated heterocycles. The highest BCUT2D eigenvalue weighted by molar-refractivity contribution is 7.18. The lowest BCUT2D eigenvalue weighted by Crippen LogP contribution is -2.42. The van der Waals surface area contributed by atoms with Gasteiger partial charge in [-0.3, -0.25) is 9.59 Å². The van der Waals surface area contributed by atoms with Crippen LogP contribution in [0.25, 0.3) is 10.2 Å². The summed E-state index contributed by atoms with van der Waals surface area (Å²) in [5.74, 6) is 0.258. The Morgan fingerprint density at radius 3 is 2.93 bits per heavy atom. The molecule has 0 radical (unpaired) electrons. The Labute approximate surface area is 166 Å².